The van der Waals surface area contributed by atoms with E-state index in [2.05, 4.69) is 17.6 Å². The van der Waals surface area contributed by atoms with E-state index in [1.807, 2.05) is 0 Å². The predicted octanol–water partition coefficient (Wildman–Crippen LogP) is 1.04. The highest BCUT2D eigenvalue weighted by Gasteiger charge is 2.31. The van der Waals surface area contributed by atoms with E-state index in [0.717, 1.165) is 6.54 Å². The van der Waals surface area contributed by atoms with E-state index < -0.39 is 0 Å². The van der Waals surface area contributed by atoms with Crippen molar-refractivity contribution in [2.75, 3.05) is 13.1 Å². The fourth-order valence-electron chi connectivity index (χ4n) is 1.86. The Hall–Kier alpha value is -0.570. The van der Waals surface area contributed by atoms with E-state index >= 15 is 0 Å². The number of hydrogen-bond donors (Lipinski definition) is 2. The summed E-state index contributed by atoms with van der Waals surface area (Å²) in [4.78, 5) is 11.4. The lowest BCUT2D eigenvalue weighted by Gasteiger charge is -2.38. The minimum atomic E-state index is 0.157. The van der Waals surface area contributed by atoms with Gasteiger partial charge in [-0.25, -0.2) is 0 Å². The topological polar surface area (TPSA) is 41.1 Å². The van der Waals surface area contributed by atoms with Crippen LogP contribution in [0.15, 0.2) is 0 Å². The van der Waals surface area contributed by atoms with Crippen molar-refractivity contribution >= 4 is 5.91 Å². The molecule has 2 saturated carbocycles. The van der Waals surface area contributed by atoms with Crippen LogP contribution in [0, 0.1) is 5.41 Å². The van der Waals surface area contributed by atoms with Crippen molar-refractivity contribution in [1.29, 1.82) is 0 Å². The van der Waals surface area contributed by atoms with Gasteiger partial charge in [-0.3, -0.25) is 4.79 Å². The van der Waals surface area contributed by atoms with Gasteiger partial charge in [0.1, 0.15) is 0 Å². The molecule has 3 heteroatoms. The summed E-state index contributed by atoms with van der Waals surface area (Å²) in [5, 5.41) is 6.22. The lowest BCUT2D eigenvalue weighted by Crippen LogP contribution is -2.43. The molecule has 0 aromatic carbocycles. The van der Waals surface area contributed by atoms with Crippen LogP contribution in [0.25, 0.3) is 0 Å². The molecule has 0 aliphatic heterocycles. The van der Waals surface area contributed by atoms with Crippen molar-refractivity contribution in [1.82, 2.24) is 10.6 Å². The standard InChI is InChI=1S/C11H20N2O/c1-11(5-2-6-11)8-13-10(14)7-12-9-3-4-9/h9,12H,2-8H2,1H3,(H,13,14). The molecule has 3 nitrogen and oxygen atoms in total. The Morgan fingerprint density at radius 2 is 2.14 bits per heavy atom. The second-order valence-electron chi connectivity index (χ2n) is 5.10. The van der Waals surface area contributed by atoms with Gasteiger partial charge in [0.15, 0.2) is 0 Å². The zero-order chi connectivity index (χ0) is 10.0. The average Bonchev–Trinajstić information content (AvgIpc) is 2.91. The number of nitrogens with one attached hydrogen (secondary N) is 2. The lowest BCUT2D eigenvalue weighted by atomic mass is 9.70. The maximum absolute atomic E-state index is 11.4. The highest BCUT2D eigenvalue weighted by Crippen LogP contribution is 2.39. The van der Waals surface area contributed by atoms with Crippen LogP contribution in [0.1, 0.15) is 39.0 Å². The van der Waals surface area contributed by atoms with E-state index in [1.165, 1.54) is 32.1 Å². The highest BCUT2D eigenvalue weighted by atomic mass is 16.1. The Morgan fingerprint density at radius 3 is 2.64 bits per heavy atom. The first-order valence-electron chi connectivity index (χ1n) is 5.68. The van der Waals surface area contributed by atoms with Gasteiger partial charge in [0.2, 0.25) is 5.91 Å². The monoisotopic (exact) mass is 196 g/mol. The first-order chi connectivity index (χ1) is 6.68. The largest absolute Gasteiger partial charge is 0.354 e. The van der Waals surface area contributed by atoms with E-state index in [0.29, 0.717) is 18.0 Å². The molecule has 0 bridgehead atoms. The zero-order valence-electron chi connectivity index (χ0n) is 8.94. The molecule has 0 radical (unpaired) electrons. The second kappa shape index (κ2) is 3.89. The van der Waals surface area contributed by atoms with Crippen molar-refractivity contribution in [3.8, 4) is 0 Å². The molecule has 0 spiro atoms. The van der Waals surface area contributed by atoms with Crippen LogP contribution in [0.5, 0.6) is 0 Å². The molecule has 2 N–H and O–H groups in total. The summed E-state index contributed by atoms with van der Waals surface area (Å²) in [6.45, 7) is 3.62. The molecule has 2 aliphatic rings. The maximum Gasteiger partial charge on any atom is 0.233 e. The molecule has 2 aliphatic carbocycles. The van der Waals surface area contributed by atoms with Gasteiger partial charge in [-0.2, -0.15) is 0 Å². The van der Waals surface area contributed by atoms with Crippen molar-refractivity contribution in [2.24, 2.45) is 5.41 Å². The third-order valence-corrected chi connectivity index (χ3v) is 3.40. The molecule has 0 aromatic rings. The quantitative estimate of drug-likeness (QED) is 0.690. The predicted molar refractivity (Wildman–Crippen MR) is 56.0 cm³/mol. The summed E-state index contributed by atoms with van der Waals surface area (Å²) < 4.78 is 0. The van der Waals surface area contributed by atoms with Crippen molar-refractivity contribution < 1.29 is 4.79 Å². The van der Waals surface area contributed by atoms with Gasteiger partial charge in [-0.15, -0.1) is 0 Å². The fraction of sp³-hybridized carbons (Fsp3) is 0.909. The molecule has 2 rings (SSSR count). The summed E-state index contributed by atoms with van der Waals surface area (Å²) in [5.74, 6) is 0.157. The SMILES string of the molecule is CC1(CNC(=O)CNC2CC2)CCC1. The molecular formula is C11H20N2O. The van der Waals surface area contributed by atoms with Crippen LogP contribution in [0.2, 0.25) is 0 Å². The van der Waals surface area contributed by atoms with Crippen LogP contribution in [-0.2, 0) is 4.79 Å². The molecular weight excluding hydrogens is 176 g/mol. The van der Waals surface area contributed by atoms with Crippen molar-refractivity contribution in [3.63, 3.8) is 0 Å². The molecule has 0 unspecified atom stereocenters. The summed E-state index contributed by atoms with van der Waals surface area (Å²) >= 11 is 0. The van der Waals surface area contributed by atoms with Gasteiger partial charge in [-0.05, 0) is 31.1 Å². The smallest absolute Gasteiger partial charge is 0.233 e. The van der Waals surface area contributed by atoms with Crippen molar-refractivity contribution in [3.05, 3.63) is 0 Å². The third-order valence-electron chi connectivity index (χ3n) is 3.40. The van der Waals surface area contributed by atoms with Gasteiger partial charge in [0.05, 0.1) is 6.54 Å². The van der Waals surface area contributed by atoms with Crippen LogP contribution in [0.4, 0.5) is 0 Å². The Balaban J connectivity index is 1.56. The number of amides is 1. The molecule has 0 heterocycles. The van der Waals surface area contributed by atoms with Gasteiger partial charge in [0, 0.05) is 12.6 Å². The Bertz CT molecular complexity index is 219. The number of rotatable bonds is 5. The van der Waals surface area contributed by atoms with Crippen LogP contribution in [0.3, 0.4) is 0 Å². The second-order valence-corrected chi connectivity index (χ2v) is 5.10. The van der Waals surface area contributed by atoms with Crippen LogP contribution >= 0.6 is 0 Å². The fourth-order valence-corrected chi connectivity index (χ4v) is 1.86. The van der Waals surface area contributed by atoms with E-state index in [9.17, 15) is 4.79 Å². The molecule has 14 heavy (non-hydrogen) atoms. The Morgan fingerprint density at radius 1 is 1.43 bits per heavy atom. The minimum absolute atomic E-state index is 0.157. The first-order valence-corrected chi connectivity index (χ1v) is 5.68. The van der Waals surface area contributed by atoms with Gasteiger partial charge in [0.25, 0.3) is 0 Å². The number of hydrogen-bond acceptors (Lipinski definition) is 2. The number of carbonyl (C=O) groups is 1. The van der Waals surface area contributed by atoms with Gasteiger partial charge >= 0.3 is 0 Å². The zero-order valence-corrected chi connectivity index (χ0v) is 8.94. The third kappa shape index (κ3) is 2.71. The van der Waals surface area contributed by atoms with Gasteiger partial charge < -0.3 is 10.6 Å². The summed E-state index contributed by atoms with van der Waals surface area (Å²) in [6.07, 6.45) is 6.34. The molecule has 0 aromatic heterocycles. The summed E-state index contributed by atoms with van der Waals surface area (Å²) in [5.41, 5.74) is 0.398. The van der Waals surface area contributed by atoms with Crippen molar-refractivity contribution in [2.45, 2.75) is 45.1 Å². The summed E-state index contributed by atoms with van der Waals surface area (Å²) in [6, 6.07) is 0.625. The maximum atomic E-state index is 11.4. The van der Waals surface area contributed by atoms with Gasteiger partial charge in [-0.1, -0.05) is 13.3 Å². The molecule has 80 valence electrons. The summed E-state index contributed by atoms with van der Waals surface area (Å²) in [7, 11) is 0. The Kier molecular flexibility index (Phi) is 2.77. The van der Waals surface area contributed by atoms with Crippen LogP contribution in [-0.4, -0.2) is 25.0 Å². The highest BCUT2D eigenvalue weighted by molar-refractivity contribution is 5.78. The molecule has 0 atom stereocenters. The molecule has 0 saturated heterocycles. The average molecular weight is 196 g/mol. The lowest BCUT2D eigenvalue weighted by molar-refractivity contribution is -0.121. The van der Waals surface area contributed by atoms with E-state index in [-0.39, 0.29) is 5.91 Å². The molecule has 2 fully saturated rings. The Labute approximate surface area is 85.6 Å². The molecule has 1 amide bonds. The normalized spacial score (nSPS) is 24.1. The number of carbonyl (C=O) groups excluding carboxylic acids is 1. The van der Waals surface area contributed by atoms with Crippen LogP contribution < -0.4 is 10.6 Å². The van der Waals surface area contributed by atoms with E-state index in [4.69, 9.17) is 0 Å². The van der Waals surface area contributed by atoms with E-state index in [1.54, 1.807) is 0 Å². The first kappa shape index (κ1) is 9.97. The minimum Gasteiger partial charge on any atom is -0.354 e.